The first-order valence-electron chi connectivity index (χ1n) is 8.60. The van der Waals surface area contributed by atoms with Crippen LogP contribution in [0, 0.1) is 6.92 Å². The first-order chi connectivity index (χ1) is 11.7. The first kappa shape index (κ1) is 17.0. The van der Waals surface area contributed by atoms with E-state index >= 15 is 0 Å². The van der Waals surface area contributed by atoms with Gasteiger partial charge in [0.1, 0.15) is 5.82 Å². The van der Waals surface area contributed by atoms with E-state index in [1.165, 1.54) is 42.2 Å². The van der Waals surface area contributed by atoms with Gasteiger partial charge in [-0.3, -0.25) is 4.79 Å². The van der Waals surface area contributed by atoms with Crippen LogP contribution in [-0.4, -0.2) is 33.0 Å². The molecule has 1 aromatic carbocycles. The molecule has 1 amide bonds. The largest absolute Gasteiger partial charge is 0.355 e. The van der Waals surface area contributed by atoms with Crippen LogP contribution in [0.25, 0.3) is 0 Å². The van der Waals surface area contributed by atoms with Crippen LogP contribution in [0.5, 0.6) is 0 Å². The van der Waals surface area contributed by atoms with E-state index < -0.39 is 0 Å². The minimum atomic E-state index is 0.0551. The summed E-state index contributed by atoms with van der Waals surface area (Å²) in [4.78, 5) is 12.1. The van der Waals surface area contributed by atoms with Gasteiger partial charge >= 0.3 is 0 Å². The fourth-order valence-electron chi connectivity index (χ4n) is 2.97. The number of fused-ring (bicyclic) bond motifs is 1. The molecular weight excluding hydrogens is 320 g/mol. The first-order valence-corrected chi connectivity index (χ1v) is 9.58. The maximum Gasteiger partial charge on any atom is 0.230 e. The molecule has 0 bridgehead atoms. The smallest absolute Gasteiger partial charge is 0.230 e. The zero-order chi connectivity index (χ0) is 16.8. The fourth-order valence-corrected chi connectivity index (χ4v) is 3.79. The predicted molar refractivity (Wildman–Crippen MR) is 96.2 cm³/mol. The van der Waals surface area contributed by atoms with Gasteiger partial charge in [0.2, 0.25) is 5.91 Å². The molecule has 0 saturated carbocycles. The van der Waals surface area contributed by atoms with Crippen LogP contribution >= 0.6 is 11.8 Å². The standard InChI is InChI=1S/C18H24N4OS/c1-14-7-4-5-8-15(14)10-11-19-17(23)13-24-18-21-20-16-9-3-2-6-12-22(16)18/h4-5,7-8H,2-3,6,9-13H2,1H3,(H,19,23). The van der Waals surface area contributed by atoms with Crippen molar-refractivity contribution in [2.24, 2.45) is 0 Å². The van der Waals surface area contributed by atoms with Crippen molar-refractivity contribution >= 4 is 17.7 Å². The van der Waals surface area contributed by atoms with Gasteiger partial charge in [0.25, 0.3) is 0 Å². The number of rotatable bonds is 6. The normalized spacial score (nSPS) is 14.0. The van der Waals surface area contributed by atoms with E-state index in [1.807, 2.05) is 12.1 Å². The van der Waals surface area contributed by atoms with Crippen LogP contribution in [0.15, 0.2) is 29.4 Å². The van der Waals surface area contributed by atoms with Gasteiger partial charge in [-0.05, 0) is 37.3 Å². The van der Waals surface area contributed by atoms with E-state index in [0.29, 0.717) is 12.3 Å². The van der Waals surface area contributed by atoms with E-state index in [0.717, 1.165) is 30.4 Å². The minimum absolute atomic E-state index is 0.0551. The predicted octanol–water partition coefficient (Wildman–Crippen LogP) is 2.76. The summed E-state index contributed by atoms with van der Waals surface area (Å²) in [7, 11) is 0. The maximum absolute atomic E-state index is 12.1. The number of hydrogen-bond acceptors (Lipinski definition) is 4. The second kappa shape index (κ2) is 8.33. The highest BCUT2D eigenvalue weighted by atomic mass is 32.2. The number of carbonyl (C=O) groups excluding carboxylic acids is 1. The number of aromatic nitrogens is 3. The fraction of sp³-hybridized carbons (Fsp3) is 0.500. The Kier molecular flexibility index (Phi) is 5.91. The quantitative estimate of drug-likeness (QED) is 0.819. The summed E-state index contributed by atoms with van der Waals surface area (Å²) < 4.78 is 2.18. The highest BCUT2D eigenvalue weighted by molar-refractivity contribution is 7.99. The summed E-state index contributed by atoms with van der Waals surface area (Å²) in [6.45, 7) is 3.74. The van der Waals surface area contributed by atoms with E-state index in [9.17, 15) is 4.79 Å². The Morgan fingerprint density at radius 2 is 2.12 bits per heavy atom. The Hall–Kier alpha value is -1.82. The lowest BCUT2D eigenvalue weighted by Gasteiger charge is -2.08. The molecule has 0 saturated heterocycles. The average molecular weight is 344 g/mol. The molecule has 1 aliphatic heterocycles. The molecule has 0 unspecified atom stereocenters. The highest BCUT2D eigenvalue weighted by Crippen LogP contribution is 2.21. The molecule has 2 heterocycles. The molecule has 1 aromatic heterocycles. The van der Waals surface area contributed by atoms with Crippen molar-refractivity contribution in [2.45, 2.75) is 50.7 Å². The van der Waals surface area contributed by atoms with Crippen LogP contribution in [0.3, 0.4) is 0 Å². The zero-order valence-corrected chi connectivity index (χ0v) is 14.9. The number of carbonyl (C=O) groups is 1. The maximum atomic E-state index is 12.1. The highest BCUT2D eigenvalue weighted by Gasteiger charge is 2.15. The van der Waals surface area contributed by atoms with Crippen LogP contribution in [-0.2, 0) is 24.2 Å². The van der Waals surface area contributed by atoms with Crippen molar-refractivity contribution < 1.29 is 4.79 Å². The van der Waals surface area contributed by atoms with Crippen molar-refractivity contribution in [1.29, 1.82) is 0 Å². The Balaban J connectivity index is 1.45. The lowest BCUT2D eigenvalue weighted by molar-refractivity contribution is -0.118. The molecule has 0 spiro atoms. The molecule has 2 aromatic rings. The molecule has 0 fully saturated rings. The molecule has 0 atom stereocenters. The van der Waals surface area contributed by atoms with Crippen molar-refractivity contribution in [1.82, 2.24) is 20.1 Å². The molecule has 0 aliphatic carbocycles. The van der Waals surface area contributed by atoms with E-state index in [-0.39, 0.29) is 5.91 Å². The van der Waals surface area contributed by atoms with Crippen LogP contribution in [0.4, 0.5) is 0 Å². The summed E-state index contributed by atoms with van der Waals surface area (Å²) in [5.74, 6) is 1.51. The molecule has 1 aliphatic rings. The van der Waals surface area contributed by atoms with Gasteiger partial charge in [0, 0.05) is 19.5 Å². The minimum Gasteiger partial charge on any atom is -0.355 e. The molecular formula is C18H24N4OS. The molecule has 1 N–H and O–H groups in total. The topological polar surface area (TPSA) is 59.8 Å². The Bertz CT molecular complexity index is 698. The van der Waals surface area contributed by atoms with E-state index in [1.54, 1.807) is 0 Å². The molecule has 6 heteroatoms. The second-order valence-corrected chi connectivity index (χ2v) is 7.12. The number of aryl methyl sites for hydroxylation is 2. The third-order valence-electron chi connectivity index (χ3n) is 4.39. The van der Waals surface area contributed by atoms with Crippen molar-refractivity contribution in [2.75, 3.05) is 12.3 Å². The average Bonchev–Trinajstić information content (AvgIpc) is 2.81. The van der Waals surface area contributed by atoms with Crippen LogP contribution in [0.1, 0.15) is 36.2 Å². The third-order valence-corrected chi connectivity index (χ3v) is 5.35. The Morgan fingerprint density at radius 1 is 1.25 bits per heavy atom. The van der Waals surface area contributed by atoms with Crippen LogP contribution in [0.2, 0.25) is 0 Å². The summed E-state index contributed by atoms with van der Waals surface area (Å²) in [6, 6.07) is 8.29. The van der Waals surface area contributed by atoms with E-state index in [4.69, 9.17) is 0 Å². The monoisotopic (exact) mass is 344 g/mol. The number of amides is 1. The number of nitrogens with one attached hydrogen (secondary N) is 1. The van der Waals surface area contributed by atoms with Gasteiger partial charge in [0.05, 0.1) is 5.75 Å². The summed E-state index contributed by atoms with van der Waals surface area (Å²) in [6.07, 6.45) is 5.45. The molecule has 0 radical (unpaired) electrons. The third kappa shape index (κ3) is 4.38. The molecule has 128 valence electrons. The number of thioether (sulfide) groups is 1. The van der Waals surface area contributed by atoms with Crippen LogP contribution < -0.4 is 5.32 Å². The SMILES string of the molecule is Cc1ccccc1CCNC(=O)CSc1nnc2n1CCCCC2. The van der Waals surface area contributed by atoms with Gasteiger partial charge in [-0.1, -0.05) is 42.4 Å². The van der Waals surface area contributed by atoms with Gasteiger partial charge < -0.3 is 9.88 Å². The summed E-state index contributed by atoms with van der Waals surface area (Å²) >= 11 is 1.49. The zero-order valence-electron chi connectivity index (χ0n) is 14.1. The van der Waals surface area contributed by atoms with Crippen molar-refractivity contribution in [3.05, 3.63) is 41.2 Å². The van der Waals surface area contributed by atoms with Gasteiger partial charge in [-0.2, -0.15) is 0 Å². The van der Waals surface area contributed by atoms with Gasteiger partial charge in [0.15, 0.2) is 5.16 Å². The lowest BCUT2D eigenvalue weighted by Crippen LogP contribution is -2.27. The number of hydrogen-bond donors (Lipinski definition) is 1. The van der Waals surface area contributed by atoms with Gasteiger partial charge in [-0.25, -0.2) is 0 Å². The Morgan fingerprint density at radius 3 is 3.00 bits per heavy atom. The lowest BCUT2D eigenvalue weighted by atomic mass is 10.1. The van der Waals surface area contributed by atoms with Crippen molar-refractivity contribution in [3.8, 4) is 0 Å². The summed E-state index contributed by atoms with van der Waals surface area (Å²) in [5.41, 5.74) is 2.56. The van der Waals surface area contributed by atoms with Gasteiger partial charge in [-0.15, -0.1) is 10.2 Å². The molecule has 5 nitrogen and oxygen atoms in total. The molecule has 24 heavy (non-hydrogen) atoms. The summed E-state index contributed by atoms with van der Waals surface area (Å²) in [5, 5.41) is 12.4. The number of nitrogens with zero attached hydrogens (tertiary/aromatic N) is 3. The number of benzene rings is 1. The second-order valence-electron chi connectivity index (χ2n) is 6.18. The molecule has 3 rings (SSSR count). The van der Waals surface area contributed by atoms with Crippen molar-refractivity contribution in [3.63, 3.8) is 0 Å². The Labute approximate surface area is 147 Å². The van der Waals surface area contributed by atoms with E-state index in [2.05, 4.69) is 39.1 Å².